The van der Waals surface area contributed by atoms with Gasteiger partial charge in [0.15, 0.2) is 0 Å². The van der Waals surface area contributed by atoms with Crippen LogP contribution >= 0.6 is 11.6 Å². The Morgan fingerprint density at radius 3 is 2.88 bits per heavy atom. The topological polar surface area (TPSA) is 28.6 Å². The second-order valence-electron chi connectivity index (χ2n) is 7.75. The molecule has 4 rings (SSSR count). The zero-order valence-electron chi connectivity index (χ0n) is 15.7. The van der Waals surface area contributed by atoms with Crippen LogP contribution in [0.4, 0.5) is 5.69 Å². The molecule has 0 bridgehead atoms. The first-order valence-electron chi connectivity index (χ1n) is 9.38. The van der Waals surface area contributed by atoms with E-state index in [9.17, 15) is 0 Å². The SMILES string of the molecule is CCN1CCC(Oc2cncc(N3Cc4ccc(Cl)cc4C3(C)C)c2)C1. The molecule has 2 aliphatic rings. The molecular formula is C21H26ClN3O. The first kappa shape index (κ1) is 17.6. The van der Waals surface area contributed by atoms with Gasteiger partial charge in [-0.15, -0.1) is 0 Å². The molecule has 0 N–H and O–H groups in total. The minimum Gasteiger partial charge on any atom is -0.487 e. The van der Waals surface area contributed by atoms with Crippen molar-refractivity contribution in [1.82, 2.24) is 9.88 Å². The zero-order chi connectivity index (χ0) is 18.3. The fourth-order valence-electron chi connectivity index (χ4n) is 4.18. The van der Waals surface area contributed by atoms with Crippen LogP contribution in [0.2, 0.25) is 5.02 Å². The van der Waals surface area contributed by atoms with E-state index in [-0.39, 0.29) is 11.6 Å². The summed E-state index contributed by atoms with van der Waals surface area (Å²) >= 11 is 6.23. The third-order valence-electron chi connectivity index (χ3n) is 5.72. The van der Waals surface area contributed by atoms with Gasteiger partial charge in [0.25, 0.3) is 0 Å². The molecule has 2 aliphatic heterocycles. The van der Waals surface area contributed by atoms with Crippen molar-refractivity contribution < 1.29 is 4.74 Å². The lowest BCUT2D eigenvalue weighted by molar-refractivity contribution is 0.202. The number of benzene rings is 1. The number of nitrogens with zero attached hydrogens (tertiary/aromatic N) is 3. The number of likely N-dealkylation sites (tertiary alicyclic amines) is 1. The normalized spacial score (nSPS) is 21.8. The van der Waals surface area contributed by atoms with E-state index >= 15 is 0 Å². The molecule has 1 atom stereocenters. The van der Waals surface area contributed by atoms with E-state index in [4.69, 9.17) is 16.3 Å². The predicted octanol–water partition coefficient (Wildman–Crippen LogP) is 4.46. The Hall–Kier alpha value is -1.78. The standard InChI is InChI=1S/C21H26ClN3O/c1-4-24-8-7-18(14-24)26-19-10-17(11-23-12-19)25-13-15-5-6-16(22)9-20(15)21(25,2)3/h5-6,9-12,18H,4,7-8,13-14H2,1-3H3. The Bertz CT molecular complexity index is 808. The zero-order valence-corrected chi connectivity index (χ0v) is 16.5. The van der Waals surface area contributed by atoms with E-state index < -0.39 is 0 Å². The summed E-state index contributed by atoms with van der Waals surface area (Å²) in [5.74, 6) is 0.857. The number of rotatable bonds is 4. The molecule has 0 amide bonds. The van der Waals surface area contributed by atoms with Crippen LogP contribution in [-0.2, 0) is 12.1 Å². The molecule has 2 aromatic rings. The first-order valence-corrected chi connectivity index (χ1v) is 9.76. The van der Waals surface area contributed by atoms with E-state index in [0.717, 1.165) is 49.1 Å². The molecule has 5 heteroatoms. The van der Waals surface area contributed by atoms with E-state index in [1.165, 1.54) is 11.1 Å². The number of hydrogen-bond acceptors (Lipinski definition) is 4. The summed E-state index contributed by atoms with van der Waals surface area (Å²) in [5, 5.41) is 0.788. The minimum atomic E-state index is -0.132. The summed E-state index contributed by atoms with van der Waals surface area (Å²) in [6, 6.07) is 8.31. The fourth-order valence-corrected chi connectivity index (χ4v) is 4.35. The summed E-state index contributed by atoms with van der Waals surface area (Å²) in [5.41, 5.74) is 3.56. The molecule has 26 heavy (non-hydrogen) atoms. The third-order valence-corrected chi connectivity index (χ3v) is 5.96. The number of pyridine rings is 1. The largest absolute Gasteiger partial charge is 0.487 e. The van der Waals surface area contributed by atoms with Gasteiger partial charge in [-0.2, -0.15) is 0 Å². The Morgan fingerprint density at radius 2 is 2.12 bits per heavy atom. The summed E-state index contributed by atoms with van der Waals surface area (Å²) in [4.78, 5) is 9.25. The smallest absolute Gasteiger partial charge is 0.140 e. The summed E-state index contributed by atoms with van der Waals surface area (Å²) in [6.45, 7) is 10.7. The summed E-state index contributed by atoms with van der Waals surface area (Å²) < 4.78 is 6.22. The molecular weight excluding hydrogens is 346 g/mol. The predicted molar refractivity (Wildman–Crippen MR) is 106 cm³/mol. The number of hydrogen-bond donors (Lipinski definition) is 0. The van der Waals surface area contributed by atoms with Crippen LogP contribution < -0.4 is 9.64 Å². The number of halogens is 1. The number of anilines is 1. The van der Waals surface area contributed by atoms with Crippen molar-refractivity contribution in [2.75, 3.05) is 24.5 Å². The third kappa shape index (κ3) is 3.17. The number of fused-ring (bicyclic) bond motifs is 1. The van der Waals surface area contributed by atoms with Gasteiger partial charge in [-0.3, -0.25) is 9.88 Å². The summed E-state index contributed by atoms with van der Waals surface area (Å²) in [6.07, 6.45) is 5.09. The monoisotopic (exact) mass is 371 g/mol. The maximum absolute atomic E-state index is 6.23. The highest BCUT2D eigenvalue weighted by Gasteiger charge is 2.37. The molecule has 1 fully saturated rings. The molecule has 0 spiro atoms. The van der Waals surface area contributed by atoms with Crippen molar-refractivity contribution in [2.24, 2.45) is 0 Å². The highest BCUT2D eigenvalue weighted by Crippen LogP contribution is 2.43. The number of likely N-dealkylation sites (N-methyl/N-ethyl adjacent to an activating group) is 1. The molecule has 0 saturated carbocycles. The Kier molecular flexibility index (Phi) is 4.57. The van der Waals surface area contributed by atoms with Gasteiger partial charge in [0.1, 0.15) is 11.9 Å². The van der Waals surface area contributed by atoms with E-state index in [2.05, 4.69) is 53.8 Å². The Labute approximate surface area is 160 Å². The van der Waals surface area contributed by atoms with Gasteiger partial charge in [0, 0.05) is 30.7 Å². The van der Waals surface area contributed by atoms with Crippen molar-refractivity contribution in [3.8, 4) is 5.75 Å². The number of ether oxygens (including phenoxy) is 1. The van der Waals surface area contributed by atoms with Gasteiger partial charge < -0.3 is 9.64 Å². The van der Waals surface area contributed by atoms with Crippen LogP contribution in [0.1, 0.15) is 38.3 Å². The van der Waals surface area contributed by atoms with Crippen molar-refractivity contribution >= 4 is 17.3 Å². The van der Waals surface area contributed by atoms with Crippen LogP contribution in [-0.4, -0.2) is 35.6 Å². The van der Waals surface area contributed by atoms with Gasteiger partial charge in [0.2, 0.25) is 0 Å². The second kappa shape index (κ2) is 6.75. The van der Waals surface area contributed by atoms with Crippen molar-refractivity contribution in [1.29, 1.82) is 0 Å². The molecule has 1 aromatic carbocycles. The lowest BCUT2D eigenvalue weighted by atomic mass is 9.93. The van der Waals surface area contributed by atoms with Gasteiger partial charge in [0.05, 0.1) is 23.6 Å². The Balaban J connectivity index is 1.56. The van der Waals surface area contributed by atoms with Crippen LogP contribution in [0.5, 0.6) is 5.75 Å². The maximum Gasteiger partial charge on any atom is 0.140 e. The molecule has 0 aliphatic carbocycles. The van der Waals surface area contributed by atoms with Crippen LogP contribution in [0, 0.1) is 0 Å². The van der Waals surface area contributed by atoms with E-state index in [1.807, 2.05) is 18.5 Å². The Morgan fingerprint density at radius 1 is 1.27 bits per heavy atom. The lowest BCUT2D eigenvalue weighted by Gasteiger charge is -2.34. The van der Waals surface area contributed by atoms with Crippen LogP contribution in [0.25, 0.3) is 0 Å². The quantitative estimate of drug-likeness (QED) is 0.793. The molecule has 0 radical (unpaired) electrons. The fraction of sp³-hybridized carbons (Fsp3) is 0.476. The molecule has 138 valence electrons. The van der Waals surface area contributed by atoms with Gasteiger partial charge >= 0.3 is 0 Å². The van der Waals surface area contributed by atoms with E-state index in [1.54, 1.807) is 0 Å². The summed E-state index contributed by atoms with van der Waals surface area (Å²) in [7, 11) is 0. The van der Waals surface area contributed by atoms with Crippen molar-refractivity contribution in [3.63, 3.8) is 0 Å². The first-order chi connectivity index (χ1) is 12.5. The minimum absolute atomic E-state index is 0.132. The van der Waals surface area contributed by atoms with Crippen molar-refractivity contribution in [3.05, 3.63) is 52.8 Å². The maximum atomic E-state index is 6.23. The van der Waals surface area contributed by atoms with Gasteiger partial charge in [-0.25, -0.2) is 0 Å². The molecule has 4 nitrogen and oxygen atoms in total. The van der Waals surface area contributed by atoms with Gasteiger partial charge in [-0.05, 0) is 50.1 Å². The molecule has 1 saturated heterocycles. The number of aromatic nitrogens is 1. The van der Waals surface area contributed by atoms with Gasteiger partial charge in [-0.1, -0.05) is 24.6 Å². The molecule has 1 unspecified atom stereocenters. The average molecular weight is 372 g/mol. The van der Waals surface area contributed by atoms with Crippen LogP contribution in [0.15, 0.2) is 36.7 Å². The lowest BCUT2D eigenvalue weighted by Crippen LogP contribution is -2.35. The average Bonchev–Trinajstić information content (AvgIpc) is 3.17. The molecule has 3 heterocycles. The highest BCUT2D eigenvalue weighted by atomic mass is 35.5. The van der Waals surface area contributed by atoms with E-state index in [0.29, 0.717) is 0 Å². The highest BCUT2D eigenvalue weighted by molar-refractivity contribution is 6.30. The second-order valence-corrected chi connectivity index (χ2v) is 8.18. The van der Waals surface area contributed by atoms with Crippen LogP contribution in [0.3, 0.4) is 0 Å². The molecule has 1 aromatic heterocycles. The van der Waals surface area contributed by atoms with Crippen molar-refractivity contribution in [2.45, 2.75) is 45.4 Å².